The fourth-order valence-corrected chi connectivity index (χ4v) is 1.93. The number of primary amides is 1. The topological polar surface area (TPSA) is 63.4 Å². The van der Waals surface area contributed by atoms with Crippen LogP contribution in [0.4, 0.5) is 0 Å². The molecule has 4 nitrogen and oxygen atoms in total. The van der Waals surface area contributed by atoms with E-state index in [9.17, 15) is 9.59 Å². The lowest BCUT2D eigenvalue weighted by atomic mass is 10.2. The smallest absolute Gasteiger partial charge is 0.240 e. The van der Waals surface area contributed by atoms with Gasteiger partial charge in [0, 0.05) is 12.6 Å². The summed E-state index contributed by atoms with van der Waals surface area (Å²) >= 11 is 11.1. The van der Waals surface area contributed by atoms with Crippen molar-refractivity contribution < 1.29 is 9.59 Å². The third kappa shape index (κ3) is 3.89. The molecule has 2 amide bonds. The van der Waals surface area contributed by atoms with Gasteiger partial charge in [0.25, 0.3) is 0 Å². The van der Waals surface area contributed by atoms with Gasteiger partial charge in [-0.05, 0) is 24.1 Å². The van der Waals surface area contributed by atoms with Gasteiger partial charge in [-0.1, -0.05) is 36.2 Å². The van der Waals surface area contributed by atoms with Crippen molar-refractivity contribution in [1.82, 2.24) is 4.90 Å². The molecule has 0 aromatic heterocycles. The summed E-state index contributed by atoms with van der Waals surface area (Å²) in [6, 6.07) is -0.628. The minimum Gasteiger partial charge on any atom is -0.368 e. The molecule has 0 spiro atoms. The molecule has 1 heterocycles. The fourth-order valence-electron chi connectivity index (χ4n) is 1.67. The average Bonchev–Trinajstić information content (AvgIpc) is 2.44. The molecule has 0 aromatic carbocycles. The van der Waals surface area contributed by atoms with Gasteiger partial charge in [0.05, 0.1) is 0 Å². The number of halogens is 2. The van der Waals surface area contributed by atoms with Gasteiger partial charge >= 0.3 is 0 Å². The highest BCUT2D eigenvalue weighted by Crippen LogP contribution is 2.18. The Morgan fingerprint density at radius 2 is 2.28 bits per heavy atom. The first-order valence-electron chi connectivity index (χ1n) is 5.47. The van der Waals surface area contributed by atoms with Crippen molar-refractivity contribution in [3.05, 3.63) is 34.5 Å². The minimum atomic E-state index is -0.628. The standard InChI is InChI=1S/C12H14Cl2N2O2/c1-2-9(12(15)18)16-6-5-8(7-10(13)14)3-4-11(16)17/h3,5-7,9H,2,4H2,1H3,(H2,15,18). The maximum Gasteiger partial charge on any atom is 0.240 e. The minimum absolute atomic E-state index is 0.105. The average molecular weight is 289 g/mol. The van der Waals surface area contributed by atoms with E-state index in [1.165, 1.54) is 17.2 Å². The first-order chi connectivity index (χ1) is 8.45. The lowest BCUT2D eigenvalue weighted by Crippen LogP contribution is -2.44. The molecule has 2 N–H and O–H groups in total. The van der Waals surface area contributed by atoms with Crippen LogP contribution in [0.1, 0.15) is 19.8 Å². The van der Waals surface area contributed by atoms with E-state index in [2.05, 4.69) is 0 Å². The summed E-state index contributed by atoms with van der Waals surface area (Å²) in [5.74, 6) is -0.712. The second kappa shape index (κ2) is 6.61. The molecule has 0 saturated heterocycles. The Hall–Kier alpha value is -1.26. The Morgan fingerprint density at radius 1 is 1.61 bits per heavy atom. The van der Waals surface area contributed by atoms with Crippen LogP contribution in [0.15, 0.2) is 34.5 Å². The molecule has 0 saturated carbocycles. The predicted molar refractivity (Wildman–Crippen MR) is 71.7 cm³/mol. The Kier molecular flexibility index (Phi) is 5.44. The van der Waals surface area contributed by atoms with Crippen LogP contribution < -0.4 is 5.73 Å². The Labute approximate surface area is 116 Å². The number of nitrogens with zero attached hydrogens (tertiary/aromatic N) is 1. The molecule has 1 atom stereocenters. The fraction of sp³-hybridized carbons (Fsp3) is 0.333. The van der Waals surface area contributed by atoms with Gasteiger partial charge in [-0.3, -0.25) is 9.59 Å². The van der Waals surface area contributed by atoms with Gasteiger partial charge in [-0.15, -0.1) is 0 Å². The van der Waals surface area contributed by atoms with Crippen molar-refractivity contribution in [3.8, 4) is 0 Å². The van der Waals surface area contributed by atoms with E-state index in [0.29, 0.717) is 12.0 Å². The molecule has 0 aliphatic carbocycles. The van der Waals surface area contributed by atoms with E-state index in [1.54, 1.807) is 19.1 Å². The summed E-state index contributed by atoms with van der Waals surface area (Å²) < 4.78 is 0.105. The number of carbonyl (C=O) groups excluding carboxylic acids is 2. The molecular formula is C12H14Cl2N2O2. The molecule has 1 aliphatic rings. The van der Waals surface area contributed by atoms with Gasteiger partial charge in [-0.2, -0.15) is 0 Å². The maximum absolute atomic E-state index is 11.9. The SMILES string of the molecule is CCC(C(N)=O)N1C=CC(C=C(Cl)Cl)=CCC1=O. The zero-order valence-electron chi connectivity index (χ0n) is 9.90. The normalized spacial score (nSPS) is 16.9. The zero-order chi connectivity index (χ0) is 13.7. The van der Waals surface area contributed by atoms with E-state index in [4.69, 9.17) is 28.9 Å². The van der Waals surface area contributed by atoms with Crippen molar-refractivity contribution in [2.24, 2.45) is 5.73 Å². The number of rotatable bonds is 4. The predicted octanol–water partition coefficient (Wildman–Crippen LogP) is 2.24. The largest absolute Gasteiger partial charge is 0.368 e. The van der Waals surface area contributed by atoms with Gasteiger partial charge in [0.15, 0.2) is 0 Å². The summed E-state index contributed by atoms with van der Waals surface area (Å²) in [5.41, 5.74) is 5.98. The van der Waals surface area contributed by atoms with Crippen LogP contribution in [0, 0.1) is 0 Å². The van der Waals surface area contributed by atoms with E-state index in [0.717, 1.165) is 0 Å². The number of nitrogens with two attached hydrogens (primary N) is 1. The third-order valence-electron chi connectivity index (χ3n) is 2.55. The Balaban J connectivity index is 2.96. The molecule has 1 aliphatic heterocycles. The highest BCUT2D eigenvalue weighted by Gasteiger charge is 2.25. The number of allylic oxidation sites excluding steroid dienone is 3. The van der Waals surface area contributed by atoms with Crippen LogP contribution in [-0.4, -0.2) is 22.8 Å². The highest BCUT2D eigenvalue weighted by atomic mass is 35.5. The Morgan fingerprint density at radius 3 is 2.78 bits per heavy atom. The maximum atomic E-state index is 11.9. The molecule has 6 heteroatoms. The third-order valence-corrected chi connectivity index (χ3v) is 2.77. The van der Waals surface area contributed by atoms with Crippen LogP contribution in [0.2, 0.25) is 0 Å². The van der Waals surface area contributed by atoms with Crippen LogP contribution in [0.3, 0.4) is 0 Å². The van der Waals surface area contributed by atoms with Crippen molar-refractivity contribution in [1.29, 1.82) is 0 Å². The first kappa shape index (κ1) is 14.8. The molecular weight excluding hydrogens is 275 g/mol. The van der Waals surface area contributed by atoms with Gasteiger partial charge < -0.3 is 10.6 Å². The monoisotopic (exact) mass is 288 g/mol. The van der Waals surface area contributed by atoms with Crippen molar-refractivity contribution in [2.45, 2.75) is 25.8 Å². The molecule has 0 aromatic rings. The summed E-state index contributed by atoms with van der Waals surface area (Å²) in [6.07, 6.45) is 7.06. The van der Waals surface area contributed by atoms with E-state index in [-0.39, 0.29) is 16.8 Å². The van der Waals surface area contributed by atoms with Gasteiger partial charge in [0.2, 0.25) is 11.8 Å². The lowest BCUT2D eigenvalue weighted by molar-refractivity contribution is -0.135. The van der Waals surface area contributed by atoms with Crippen molar-refractivity contribution >= 4 is 35.0 Å². The molecule has 98 valence electrons. The lowest BCUT2D eigenvalue weighted by Gasteiger charge is -2.24. The number of hydrogen-bond donors (Lipinski definition) is 1. The molecule has 1 unspecified atom stereocenters. The first-order valence-corrected chi connectivity index (χ1v) is 6.22. The molecule has 1 rings (SSSR count). The second-order valence-corrected chi connectivity index (χ2v) is 4.79. The van der Waals surface area contributed by atoms with E-state index in [1.807, 2.05) is 0 Å². The van der Waals surface area contributed by atoms with Crippen LogP contribution in [-0.2, 0) is 9.59 Å². The van der Waals surface area contributed by atoms with E-state index >= 15 is 0 Å². The quantitative estimate of drug-likeness (QED) is 0.862. The summed E-state index contributed by atoms with van der Waals surface area (Å²) in [6.45, 7) is 1.80. The van der Waals surface area contributed by atoms with Crippen LogP contribution >= 0.6 is 23.2 Å². The van der Waals surface area contributed by atoms with Crippen LogP contribution in [0.25, 0.3) is 0 Å². The molecule has 18 heavy (non-hydrogen) atoms. The summed E-state index contributed by atoms with van der Waals surface area (Å²) in [4.78, 5) is 24.5. The molecule has 0 radical (unpaired) electrons. The summed E-state index contributed by atoms with van der Waals surface area (Å²) in [5, 5.41) is 0. The zero-order valence-corrected chi connectivity index (χ0v) is 11.4. The molecule has 0 fully saturated rings. The second-order valence-electron chi connectivity index (χ2n) is 3.79. The Bertz CT molecular complexity index is 437. The van der Waals surface area contributed by atoms with Gasteiger partial charge in [-0.25, -0.2) is 0 Å². The van der Waals surface area contributed by atoms with Crippen molar-refractivity contribution in [3.63, 3.8) is 0 Å². The van der Waals surface area contributed by atoms with Gasteiger partial charge in [0.1, 0.15) is 10.5 Å². The van der Waals surface area contributed by atoms with Crippen molar-refractivity contribution in [2.75, 3.05) is 0 Å². The summed E-state index contributed by atoms with van der Waals surface area (Å²) in [7, 11) is 0. The molecule has 0 bridgehead atoms. The number of hydrogen-bond acceptors (Lipinski definition) is 2. The van der Waals surface area contributed by atoms with E-state index < -0.39 is 11.9 Å². The highest BCUT2D eigenvalue weighted by molar-refractivity contribution is 6.56. The van der Waals surface area contributed by atoms with Crippen LogP contribution in [0.5, 0.6) is 0 Å². The number of carbonyl (C=O) groups is 2. The number of amides is 2.